The largest absolute Gasteiger partial charge is 0.339 e. The average Bonchev–Trinajstić information content (AvgIpc) is 2.58. The molecule has 2 aromatic carbocycles. The lowest BCUT2D eigenvalue weighted by Crippen LogP contribution is -2.03. The summed E-state index contributed by atoms with van der Waals surface area (Å²) in [6.45, 7) is 6.39. The Hall–Kier alpha value is -2.47. The van der Waals surface area contributed by atoms with Crippen molar-refractivity contribution in [3.8, 4) is 0 Å². The van der Waals surface area contributed by atoms with Gasteiger partial charge >= 0.3 is 0 Å². The van der Waals surface area contributed by atoms with Crippen molar-refractivity contribution in [2.45, 2.75) is 26.7 Å². The van der Waals surface area contributed by atoms with Gasteiger partial charge in [-0.3, -0.25) is 0 Å². The smallest absolute Gasteiger partial charge is 0.249 e. The summed E-state index contributed by atoms with van der Waals surface area (Å²) in [5, 5.41) is 14.5. The van der Waals surface area contributed by atoms with Gasteiger partial charge in [0.25, 0.3) is 0 Å². The molecule has 5 nitrogen and oxygen atoms in total. The van der Waals surface area contributed by atoms with E-state index in [9.17, 15) is 0 Å². The number of hydrogen-bond acceptors (Lipinski definition) is 5. The highest BCUT2D eigenvalue weighted by Gasteiger charge is 2.05. The van der Waals surface area contributed by atoms with Crippen LogP contribution >= 0.6 is 15.9 Å². The van der Waals surface area contributed by atoms with Gasteiger partial charge in [-0.25, -0.2) is 0 Å². The van der Waals surface area contributed by atoms with Crippen molar-refractivity contribution in [1.29, 1.82) is 0 Å². The summed E-state index contributed by atoms with van der Waals surface area (Å²) >= 11 is 3.47. The Morgan fingerprint density at radius 2 is 1.76 bits per heavy atom. The van der Waals surface area contributed by atoms with Gasteiger partial charge in [-0.15, -0.1) is 5.10 Å². The maximum atomic E-state index is 4.48. The lowest BCUT2D eigenvalue weighted by molar-refractivity contribution is 0.867. The molecule has 0 amide bonds. The van der Waals surface area contributed by atoms with Crippen LogP contribution in [0.3, 0.4) is 0 Å². The minimum Gasteiger partial charge on any atom is -0.339 e. The minimum absolute atomic E-state index is 0.456. The molecule has 0 aliphatic heterocycles. The van der Waals surface area contributed by atoms with Crippen molar-refractivity contribution >= 4 is 39.1 Å². The van der Waals surface area contributed by atoms with E-state index in [-0.39, 0.29) is 0 Å². The first kappa shape index (κ1) is 17.4. The Labute approximate surface area is 156 Å². The molecule has 0 aliphatic rings. The second-order valence-corrected chi connectivity index (χ2v) is 7.07. The molecule has 0 aliphatic carbocycles. The number of halogens is 1. The second kappa shape index (κ2) is 7.61. The zero-order valence-electron chi connectivity index (χ0n) is 14.4. The van der Waals surface area contributed by atoms with Gasteiger partial charge in [0, 0.05) is 15.8 Å². The fraction of sp³-hybridized carbons (Fsp3) is 0.211. The number of rotatable bonds is 5. The molecule has 1 heterocycles. The van der Waals surface area contributed by atoms with Gasteiger partial charge in [0.1, 0.15) is 0 Å². The van der Waals surface area contributed by atoms with Crippen LogP contribution in [0, 0.1) is 6.92 Å². The summed E-state index contributed by atoms with van der Waals surface area (Å²) < 4.78 is 1.04. The van der Waals surface area contributed by atoms with E-state index in [2.05, 4.69) is 67.7 Å². The molecule has 0 spiro atoms. The van der Waals surface area contributed by atoms with E-state index in [4.69, 9.17) is 0 Å². The quantitative estimate of drug-likeness (QED) is 0.590. The van der Waals surface area contributed by atoms with Crippen LogP contribution in [0.25, 0.3) is 0 Å². The second-order valence-electron chi connectivity index (χ2n) is 6.15. The van der Waals surface area contributed by atoms with Crippen LogP contribution < -0.4 is 10.6 Å². The molecule has 0 atom stereocenters. The molecule has 1 aromatic heterocycles. The maximum Gasteiger partial charge on any atom is 0.249 e. The first-order valence-electron chi connectivity index (χ1n) is 8.11. The number of nitrogens with zero attached hydrogens (tertiary/aromatic N) is 3. The van der Waals surface area contributed by atoms with Crippen LogP contribution in [0.4, 0.5) is 23.1 Å². The molecule has 0 radical (unpaired) electrons. The number of hydrogen-bond donors (Lipinski definition) is 2. The zero-order chi connectivity index (χ0) is 17.8. The van der Waals surface area contributed by atoms with Gasteiger partial charge in [0.2, 0.25) is 5.95 Å². The fourth-order valence-electron chi connectivity index (χ4n) is 2.40. The van der Waals surface area contributed by atoms with E-state index in [0.29, 0.717) is 17.7 Å². The zero-order valence-corrected chi connectivity index (χ0v) is 16.0. The Morgan fingerprint density at radius 1 is 1.00 bits per heavy atom. The fourth-order valence-corrected chi connectivity index (χ4v) is 2.88. The number of nitrogens with one attached hydrogen (secondary N) is 2. The molecule has 0 unspecified atom stereocenters. The highest BCUT2D eigenvalue weighted by Crippen LogP contribution is 2.23. The van der Waals surface area contributed by atoms with Crippen LogP contribution in [-0.4, -0.2) is 15.2 Å². The molecule has 6 heteroatoms. The number of anilines is 4. The molecule has 0 saturated heterocycles. The van der Waals surface area contributed by atoms with Crippen LogP contribution in [-0.2, 0) is 0 Å². The van der Waals surface area contributed by atoms with Gasteiger partial charge in [-0.05, 0) is 54.3 Å². The number of aromatic nitrogens is 3. The highest BCUT2D eigenvalue weighted by molar-refractivity contribution is 9.10. The molecule has 0 bridgehead atoms. The maximum absolute atomic E-state index is 4.48. The minimum atomic E-state index is 0.456. The monoisotopic (exact) mass is 397 g/mol. The molecule has 0 saturated carbocycles. The lowest BCUT2D eigenvalue weighted by Gasteiger charge is -2.11. The van der Waals surface area contributed by atoms with Crippen LogP contribution in [0.2, 0.25) is 0 Å². The van der Waals surface area contributed by atoms with Gasteiger partial charge in [-0.1, -0.05) is 41.9 Å². The highest BCUT2D eigenvalue weighted by atomic mass is 79.9. The summed E-state index contributed by atoms with van der Waals surface area (Å²) in [5.41, 5.74) is 4.33. The van der Waals surface area contributed by atoms with E-state index in [0.717, 1.165) is 21.4 Å². The molecule has 25 heavy (non-hydrogen) atoms. The summed E-state index contributed by atoms with van der Waals surface area (Å²) in [4.78, 5) is 4.48. The summed E-state index contributed by atoms with van der Waals surface area (Å²) in [7, 11) is 0. The van der Waals surface area contributed by atoms with E-state index in [1.54, 1.807) is 6.20 Å². The number of benzene rings is 2. The Balaban J connectivity index is 1.75. The Bertz CT molecular complexity index is 862. The van der Waals surface area contributed by atoms with Gasteiger partial charge in [0.05, 0.1) is 6.20 Å². The van der Waals surface area contributed by atoms with Crippen molar-refractivity contribution in [3.63, 3.8) is 0 Å². The molecular weight excluding hydrogens is 378 g/mol. The third-order valence-corrected chi connectivity index (χ3v) is 4.34. The Kier molecular flexibility index (Phi) is 5.28. The molecule has 3 rings (SSSR count). The van der Waals surface area contributed by atoms with Crippen LogP contribution in [0.15, 0.2) is 53.1 Å². The van der Waals surface area contributed by atoms with E-state index >= 15 is 0 Å². The predicted molar refractivity (Wildman–Crippen MR) is 106 cm³/mol. The summed E-state index contributed by atoms with van der Waals surface area (Å²) in [6, 6.07) is 14.3. The van der Waals surface area contributed by atoms with Crippen molar-refractivity contribution in [2.24, 2.45) is 0 Å². The van der Waals surface area contributed by atoms with Crippen molar-refractivity contribution < 1.29 is 0 Å². The normalized spacial score (nSPS) is 10.8. The van der Waals surface area contributed by atoms with Crippen molar-refractivity contribution in [2.75, 3.05) is 10.6 Å². The summed E-state index contributed by atoms with van der Waals surface area (Å²) in [5.74, 6) is 1.60. The molecule has 0 fully saturated rings. The third-order valence-electron chi connectivity index (χ3n) is 3.84. The van der Waals surface area contributed by atoms with E-state index in [1.165, 1.54) is 5.56 Å². The van der Waals surface area contributed by atoms with Gasteiger partial charge < -0.3 is 10.6 Å². The standard InChI is InChI=1S/C19H20BrN5/c1-12(2)14-4-7-16(8-5-14)22-19-24-18(11-21-25-19)23-17-9-6-15(20)10-13(17)3/h4-12H,1-3H3,(H2,22,23,24,25). The average molecular weight is 398 g/mol. The lowest BCUT2D eigenvalue weighted by atomic mass is 10.0. The van der Waals surface area contributed by atoms with E-state index < -0.39 is 0 Å². The van der Waals surface area contributed by atoms with Crippen molar-refractivity contribution in [3.05, 3.63) is 64.3 Å². The van der Waals surface area contributed by atoms with Gasteiger partial charge in [-0.2, -0.15) is 10.1 Å². The number of aryl methyl sites for hydroxylation is 1. The van der Waals surface area contributed by atoms with E-state index in [1.807, 2.05) is 37.3 Å². The van der Waals surface area contributed by atoms with Gasteiger partial charge in [0.15, 0.2) is 5.82 Å². The summed E-state index contributed by atoms with van der Waals surface area (Å²) in [6.07, 6.45) is 1.61. The molecular formula is C19H20BrN5. The SMILES string of the molecule is Cc1cc(Br)ccc1Nc1cnnc(Nc2ccc(C(C)C)cc2)n1. The van der Waals surface area contributed by atoms with Crippen LogP contribution in [0.5, 0.6) is 0 Å². The topological polar surface area (TPSA) is 62.7 Å². The third kappa shape index (κ3) is 4.54. The predicted octanol–water partition coefficient (Wildman–Crippen LogP) is 5.55. The first-order valence-corrected chi connectivity index (χ1v) is 8.90. The molecule has 2 N–H and O–H groups in total. The Morgan fingerprint density at radius 3 is 2.44 bits per heavy atom. The molecule has 128 valence electrons. The van der Waals surface area contributed by atoms with Crippen LogP contribution in [0.1, 0.15) is 30.9 Å². The first-order chi connectivity index (χ1) is 12.0. The molecule has 3 aromatic rings. The van der Waals surface area contributed by atoms with Crippen molar-refractivity contribution in [1.82, 2.24) is 15.2 Å².